The summed E-state index contributed by atoms with van der Waals surface area (Å²) in [6.07, 6.45) is 0.817. The number of thioether (sulfide) groups is 1. The standard InChI is InChI=1S/C16H21N5O2S2/c1-4-7-17-14(23)19-13(22)9-24-16-21-20-15(25-16)18-12-6-5-10(2)8-11(12)3/h5-6,8H,4,7,9H2,1-3H3,(H,18,20)(H2,17,19,22,23). The van der Waals surface area contributed by atoms with Gasteiger partial charge in [0.1, 0.15) is 0 Å². The summed E-state index contributed by atoms with van der Waals surface area (Å²) >= 11 is 2.61. The van der Waals surface area contributed by atoms with Gasteiger partial charge in [-0.15, -0.1) is 10.2 Å². The Morgan fingerprint density at radius 2 is 2.04 bits per heavy atom. The summed E-state index contributed by atoms with van der Waals surface area (Å²) < 4.78 is 0.663. The van der Waals surface area contributed by atoms with Crippen molar-refractivity contribution in [2.45, 2.75) is 31.5 Å². The molecule has 9 heteroatoms. The van der Waals surface area contributed by atoms with Crippen molar-refractivity contribution in [1.29, 1.82) is 0 Å². The highest BCUT2D eigenvalue weighted by molar-refractivity contribution is 8.01. The van der Waals surface area contributed by atoms with Gasteiger partial charge in [-0.1, -0.05) is 47.7 Å². The highest BCUT2D eigenvalue weighted by Crippen LogP contribution is 2.28. The molecule has 3 N–H and O–H groups in total. The SMILES string of the molecule is CCCNC(=O)NC(=O)CSc1nnc(Nc2ccc(C)cc2C)s1. The molecule has 0 aliphatic heterocycles. The molecule has 3 amide bonds. The van der Waals surface area contributed by atoms with Gasteiger partial charge in [0.05, 0.1) is 5.75 Å². The second kappa shape index (κ2) is 9.38. The number of benzene rings is 1. The molecule has 0 spiro atoms. The summed E-state index contributed by atoms with van der Waals surface area (Å²) in [5.74, 6) is -0.254. The van der Waals surface area contributed by atoms with Gasteiger partial charge in [0, 0.05) is 12.2 Å². The van der Waals surface area contributed by atoms with E-state index in [1.54, 1.807) is 0 Å². The minimum absolute atomic E-state index is 0.109. The van der Waals surface area contributed by atoms with Gasteiger partial charge in [-0.2, -0.15) is 0 Å². The number of rotatable bonds is 7. The van der Waals surface area contributed by atoms with Crippen molar-refractivity contribution in [3.63, 3.8) is 0 Å². The van der Waals surface area contributed by atoms with E-state index in [-0.39, 0.29) is 11.7 Å². The number of nitrogens with one attached hydrogen (secondary N) is 3. The van der Waals surface area contributed by atoms with Crippen LogP contribution in [0.1, 0.15) is 24.5 Å². The topological polar surface area (TPSA) is 96.0 Å². The zero-order valence-corrected chi connectivity index (χ0v) is 16.0. The van der Waals surface area contributed by atoms with Gasteiger partial charge in [0.2, 0.25) is 11.0 Å². The summed E-state index contributed by atoms with van der Waals surface area (Å²) in [7, 11) is 0. The summed E-state index contributed by atoms with van der Waals surface area (Å²) in [4.78, 5) is 23.1. The van der Waals surface area contributed by atoms with Crippen molar-refractivity contribution in [2.75, 3.05) is 17.6 Å². The summed E-state index contributed by atoms with van der Waals surface area (Å²) in [6, 6.07) is 5.65. The van der Waals surface area contributed by atoms with Gasteiger partial charge < -0.3 is 10.6 Å². The number of hydrogen-bond acceptors (Lipinski definition) is 7. The molecule has 0 aliphatic carbocycles. The molecule has 1 aromatic carbocycles. The lowest BCUT2D eigenvalue weighted by Gasteiger charge is -2.06. The third-order valence-corrected chi connectivity index (χ3v) is 5.12. The summed E-state index contributed by atoms with van der Waals surface area (Å²) in [5, 5.41) is 16.9. The van der Waals surface area contributed by atoms with Crippen LogP contribution >= 0.6 is 23.1 Å². The quantitative estimate of drug-likeness (QED) is 0.639. The van der Waals surface area contributed by atoms with Crippen LogP contribution in [-0.4, -0.2) is 34.4 Å². The average Bonchev–Trinajstić information content (AvgIpc) is 3.01. The Morgan fingerprint density at radius 1 is 1.24 bits per heavy atom. The molecule has 25 heavy (non-hydrogen) atoms. The molecule has 0 radical (unpaired) electrons. The normalized spacial score (nSPS) is 10.4. The molecular weight excluding hydrogens is 358 g/mol. The second-order valence-corrected chi connectivity index (χ2v) is 7.61. The van der Waals surface area contributed by atoms with Crippen LogP contribution in [-0.2, 0) is 4.79 Å². The molecule has 0 saturated carbocycles. The van der Waals surface area contributed by atoms with Crippen molar-refractivity contribution in [3.8, 4) is 0 Å². The van der Waals surface area contributed by atoms with E-state index in [4.69, 9.17) is 0 Å². The average molecular weight is 380 g/mol. The van der Waals surface area contributed by atoms with Gasteiger partial charge in [-0.05, 0) is 31.9 Å². The lowest BCUT2D eigenvalue weighted by atomic mass is 10.1. The Hall–Kier alpha value is -2.13. The van der Waals surface area contributed by atoms with E-state index in [9.17, 15) is 9.59 Å². The van der Waals surface area contributed by atoms with Gasteiger partial charge in [0.25, 0.3) is 0 Å². The number of nitrogens with zero attached hydrogens (tertiary/aromatic N) is 2. The van der Waals surface area contributed by atoms with Gasteiger partial charge >= 0.3 is 6.03 Å². The number of anilines is 2. The molecular formula is C16H21N5O2S2. The maximum atomic E-state index is 11.7. The lowest BCUT2D eigenvalue weighted by molar-refractivity contribution is -0.117. The van der Waals surface area contributed by atoms with Crippen molar-refractivity contribution in [3.05, 3.63) is 29.3 Å². The Bertz CT molecular complexity index is 748. The molecule has 2 aromatic rings. The number of aromatic nitrogens is 2. The molecule has 134 valence electrons. The van der Waals surface area contributed by atoms with E-state index < -0.39 is 6.03 Å². The largest absolute Gasteiger partial charge is 0.338 e. The zero-order chi connectivity index (χ0) is 18.2. The molecule has 0 aliphatic rings. The Morgan fingerprint density at radius 3 is 2.76 bits per heavy atom. The molecule has 2 rings (SSSR count). The molecule has 7 nitrogen and oxygen atoms in total. The minimum atomic E-state index is -0.470. The number of amides is 3. The van der Waals surface area contributed by atoms with E-state index >= 15 is 0 Å². The minimum Gasteiger partial charge on any atom is -0.338 e. The molecule has 0 fully saturated rings. The first-order valence-electron chi connectivity index (χ1n) is 7.86. The predicted molar refractivity (Wildman–Crippen MR) is 102 cm³/mol. The smallest absolute Gasteiger partial charge is 0.321 e. The molecule has 0 unspecified atom stereocenters. The maximum Gasteiger partial charge on any atom is 0.321 e. The molecule has 0 bridgehead atoms. The number of hydrogen-bond donors (Lipinski definition) is 3. The monoisotopic (exact) mass is 379 g/mol. The van der Waals surface area contributed by atoms with Gasteiger partial charge in [0.15, 0.2) is 4.34 Å². The van der Waals surface area contributed by atoms with Crippen molar-refractivity contribution >= 4 is 45.9 Å². The maximum absolute atomic E-state index is 11.7. The van der Waals surface area contributed by atoms with Crippen LogP contribution < -0.4 is 16.0 Å². The first-order valence-corrected chi connectivity index (χ1v) is 9.66. The number of aryl methyl sites for hydroxylation is 2. The fraction of sp³-hybridized carbons (Fsp3) is 0.375. The summed E-state index contributed by atoms with van der Waals surface area (Å²) in [5.41, 5.74) is 3.30. The van der Waals surface area contributed by atoms with Gasteiger partial charge in [-0.25, -0.2) is 4.79 Å². The van der Waals surface area contributed by atoms with Crippen molar-refractivity contribution in [1.82, 2.24) is 20.8 Å². The van der Waals surface area contributed by atoms with Crippen LogP contribution in [0.25, 0.3) is 0 Å². The molecule has 0 saturated heterocycles. The van der Waals surface area contributed by atoms with E-state index in [0.29, 0.717) is 16.0 Å². The number of carbonyl (C=O) groups is 2. The van der Waals surface area contributed by atoms with E-state index in [1.807, 2.05) is 32.9 Å². The molecule has 0 atom stereocenters. The van der Waals surface area contributed by atoms with E-state index in [1.165, 1.54) is 28.7 Å². The van der Waals surface area contributed by atoms with Crippen LogP contribution in [0, 0.1) is 13.8 Å². The number of urea groups is 1. The highest BCUT2D eigenvalue weighted by Gasteiger charge is 2.11. The van der Waals surface area contributed by atoms with Crippen LogP contribution in [0.4, 0.5) is 15.6 Å². The van der Waals surface area contributed by atoms with Crippen molar-refractivity contribution < 1.29 is 9.59 Å². The predicted octanol–water partition coefficient (Wildman–Crippen LogP) is 3.23. The Balaban J connectivity index is 1.83. The van der Waals surface area contributed by atoms with E-state index in [0.717, 1.165) is 17.7 Å². The van der Waals surface area contributed by atoms with Crippen LogP contribution in [0.3, 0.4) is 0 Å². The third kappa shape index (κ3) is 6.35. The Labute approximate surface area is 155 Å². The second-order valence-electron chi connectivity index (χ2n) is 5.41. The van der Waals surface area contributed by atoms with E-state index in [2.05, 4.69) is 32.2 Å². The number of imide groups is 1. The zero-order valence-electron chi connectivity index (χ0n) is 14.4. The van der Waals surface area contributed by atoms with Crippen LogP contribution in [0.5, 0.6) is 0 Å². The first kappa shape index (κ1) is 19.2. The fourth-order valence-electron chi connectivity index (χ4n) is 1.96. The van der Waals surface area contributed by atoms with Gasteiger partial charge in [-0.3, -0.25) is 10.1 Å². The summed E-state index contributed by atoms with van der Waals surface area (Å²) in [6.45, 7) is 6.55. The Kier molecular flexibility index (Phi) is 7.20. The lowest BCUT2D eigenvalue weighted by Crippen LogP contribution is -2.40. The fourth-order valence-corrected chi connectivity index (χ4v) is 3.52. The molecule has 1 heterocycles. The third-order valence-electron chi connectivity index (χ3n) is 3.15. The first-order chi connectivity index (χ1) is 12.0. The number of carbonyl (C=O) groups excluding carboxylic acids is 2. The van der Waals surface area contributed by atoms with Crippen LogP contribution in [0.2, 0.25) is 0 Å². The molecule has 1 aromatic heterocycles. The van der Waals surface area contributed by atoms with Crippen LogP contribution in [0.15, 0.2) is 22.5 Å². The van der Waals surface area contributed by atoms with Crippen molar-refractivity contribution in [2.24, 2.45) is 0 Å². The highest BCUT2D eigenvalue weighted by atomic mass is 32.2.